The van der Waals surface area contributed by atoms with Gasteiger partial charge in [0.15, 0.2) is 4.80 Å². The Balaban J connectivity index is 1.63. The van der Waals surface area contributed by atoms with Crippen molar-refractivity contribution in [1.82, 2.24) is 4.57 Å². The predicted octanol–water partition coefficient (Wildman–Crippen LogP) is 4.37. The molecule has 0 atom stereocenters. The van der Waals surface area contributed by atoms with Gasteiger partial charge < -0.3 is 9.30 Å². The van der Waals surface area contributed by atoms with Gasteiger partial charge in [-0.1, -0.05) is 42.5 Å². The average molecular weight is 524 g/mol. The van der Waals surface area contributed by atoms with Crippen LogP contribution in [0.15, 0.2) is 82.7 Å². The molecule has 0 bridgehead atoms. The third kappa shape index (κ3) is 5.72. The minimum absolute atomic E-state index is 0.0639. The second-order valence-electron chi connectivity index (χ2n) is 7.84. The first-order valence-corrected chi connectivity index (χ1v) is 13.7. The topological polar surface area (TPSA) is 107 Å². The fourth-order valence-corrected chi connectivity index (χ4v) is 5.73. The molecule has 0 fully saturated rings. The SMILES string of the molecule is CCOC(=O)Cn1c(=NC(=O)c2ccc(NS(=O)(=O)c3ccccc3)cc2)sc2cc(CC)ccc21. The second-order valence-corrected chi connectivity index (χ2v) is 10.5. The van der Waals surface area contributed by atoms with Gasteiger partial charge in [-0.3, -0.25) is 14.3 Å². The number of nitrogens with one attached hydrogen (secondary N) is 1. The quantitative estimate of drug-likeness (QED) is 0.345. The van der Waals surface area contributed by atoms with Crippen LogP contribution in [0.1, 0.15) is 29.8 Å². The summed E-state index contributed by atoms with van der Waals surface area (Å²) in [5, 5.41) is 0. The van der Waals surface area contributed by atoms with Gasteiger partial charge in [-0.05, 0) is 67.4 Å². The number of hydrogen-bond donors (Lipinski definition) is 1. The first kappa shape index (κ1) is 25.3. The third-order valence-corrected chi connectivity index (χ3v) is 7.82. The number of aromatic nitrogens is 1. The Morgan fingerprint density at radius 1 is 1.00 bits per heavy atom. The number of anilines is 1. The number of carbonyl (C=O) groups is 2. The molecule has 8 nitrogen and oxygen atoms in total. The van der Waals surface area contributed by atoms with Crippen LogP contribution in [0.2, 0.25) is 0 Å². The fraction of sp³-hybridized carbons (Fsp3) is 0.192. The van der Waals surface area contributed by atoms with Crippen LogP contribution in [-0.2, 0) is 32.5 Å². The maximum atomic E-state index is 13.0. The minimum Gasteiger partial charge on any atom is -0.465 e. The summed E-state index contributed by atoms with van der Waals surface area (Å²) in [4.78, 5) is 30.0. The van der Waals surface area contributed by atoms with Crippen molar-refractivity contribution >= 4 is 49.1 Å². The summed E-state index contributed by atoms with van der Waals surface area (Å²) in [5.41, 5.74) is 2.54. The van der Waals surface area contributed by atoms with Crippen LogP contribution < -0.4 is 9.52 Å². The molecule has 0 radical (unpaired) electrons. The van der Waals surface area contributed by atoms with Crippen molar-refractivity contribution in [3.63, 3.8) is 0 Å². The molecule has 1 aromatic heterocycles. The minimum atomic E-state index is -3.74. The second kappa shape index (κ2) is 10.9. The van der Waals surface area contributed by atoms with Crippen LogP contribution in [0.5, 0.6) is 0 Å². The molecule has 1 heterocycles. The number of benzene rings is 3. The van der Waals surface area contributed by atoms with Gasteiger partial charge in [0.2, 0.25) is 0 Å². The number of esters is 1. The number of hydrogen-bond acceptors (Lipinski definition) is 6. The molecular weight excluding hydrogens is 498 g/mol. The number of fused-ring (bicyclic) bond motifs is 1. The molecule has 186 valence electrons. The van der Waals surface area contributed by atoms with Crippen molar-refractivity contribution in [3.05, 3.63) is 88.7 Å². The zero-order chi connectivity index (χ0) is 25.7. The van der Waals surface area contributed by atoms with Crippen molar-refractivity contribution in [1.29, 1.82) is 0 Å². The van der Waals surface area contributed by atoms with Gasteiger partial charge in [0.1, 0.15) is 6.54 Å². The van der Waals surface area contributed by atoms with E-state index < -0.39 is 21.9 Å². The number of thiazole rings is 1. The molecule has 1 amide bonds. The average Bonchev–Trinajstić information content (AvgIpc) is 3.20. The molecular formula is C26H25N3O5S2. The first-order valence-electron chi connectivity index (χ1n) is 11.4. The molecule has 0 spiro atoms. The van der Waals surface area contributed by atoms with E-state index >= 15 is 0 Å². The highest BCUT2D eigenvalue weighted by molar-refractivity contribution is 7.92. The standard InChI is InChI=1S/C26H25N3O5S2/c1-3-18-10-15-22-23(16-18)35-26(29(22)17-24(30)34-4-2)27-25(31)19-11-13-20(14-12-19)28-36(32,33)21-8-6-5-7-9-21/h5-16,28H,3-4,17H2,1-2H3. The molecule has 1 N–H and O–H groups in total. The van der Waals surface area contributed by atoms with E-state index in [1.807, 2.05) is 18.2 Å². The van der Waals surface area contributed by atoms with E-state index in [9.17, 15) is 18.0 Å². The maximum absolute atomic E-state index is 13.0. The molecule has 3 aromatic carbocycles. The van der Waals surface area contributed by atoms with Crippen molar-refractivity contribution < 1.29 is 22.7 Å². The van der Waals surface area contributed by atoms with E-state index in [2.05, 4.69) is 16.6 Å². The number of rotatable bonds is 8. The van der Waals surface area contributed by atoms with E-state index in [-0.39, 0.29) is 23.6 Å². The first-order chi connectivity index (χ1) is 17.3. The molecule has 0 aliphatic heterocycles. The van der Waals surface area contributed by atoms with Crippen molar-refractivity contribution in [2.75, 3.05) is 11.3 Å². The predicted molar refractivity (Wildman–Crippen MR) is 139 cm³/mol. The number of sulfonamides is 1. The number of amides is 1. The molecule has 10 heteroatoms. The molecule has 0 unspecified atom stereocenters. The third-order valence-electron chi connectivity index (χ3n) is 5.38. The molecule has 0 saturated heterocycles. The van der Waals surface area contributed by atoms with Gasteiger partial charge in [0.05, 0.1) is 21.7 Å². The highest BCUT2D eigenvalue weighted by Gasteiger charge is 2.15. The molecule has 4 rings (SSSR count). The van der Waals surface area contributed by atoms with Crippen LogP contribution in [-0.4, -0.2) is 31.5 Å². The van der Waals surface area contributed by atoms with E-state index in [0.717, 1.165) is 22.2 Å². The van der Waals surface area contributed by atoms with Crippen LogP contribution in [0.4, 0.5) is 5.69 Å². The van der Waals surface area contributed by atoms with Gasteiger partial charge >= 0.3 is 5.97 Å². The lowest BCUT2D eigenvalue weighted by molar-refractivity contribution is -0.143. The van der Waals surface area contributed by atoms with Crippen LogP contribution in [0.25, 0.3) is 10.2 Å². The Bertz CT molecular complexity index is 1570. The Morgan fingerprint density at radius 2 is 1.72 bits per heavy atom. The van der Waals surface area contributed by atoms with E-state index in [0.29, 0.717) is 10.5 Å². The van der Waals surface area contributed by atoms with E-state index in [4.69, 9.17) is 4.74 Å². The molecule has 0 saturated carbocycles. The summed E-state index contributed by atoms with van der Waals surface area (Å²) in [6, 6.07) is 20.0. The molecule has 0 aliphatic rings. The summed E-state index contributed by atoms with van der Waals surface area (Å²) >= 11 is 1.32. The van der Waals surface area contributed by atoms with Gasteiger partial charge in [-0.15, -0.1) is 0 Å². The largest absolute Gasteiger partial charge is 0.465 e. The summed E-state index contributed by atoms with van der Waals surface area (Å²) in [5.74, 6) is -0.923. The lowest BCUT2D eigenvalue weighted by atomic mass is 10.2. The summed E-state index contributed by atoms with van der Waals surface area (Å²) in [6.07, 6.45) is 0.859. The lowest BCUT2D eigenvalue weighted by Gasteiger charge is -2.08. The van der Waals surface area contributed by atoms with Crippen LogP contribution in [0, 0.1) is 0 Å². The number of nitrogens with zero attached hydrogens (tertiary/aromatic N) is 2. The molecule has 0 aliphatic carbocycles. The molecule has 4 aromatic rings. The Morgan fingerprint density at radius 3 is 2.39 bits per heavy atom. The maximum Gasteiger partial charge on any atom is 0.326 e. The smallest absolute Gasteiger partial charge is 0.326 e. The Hall–Kier alpha value is -3.76. The summed E-state index contributed by atoms with van der Waals surface area (Å²) in [7, 11) is -3.74. The number of aryl methyl sites for hydroxylation is 1. The highest BCUT2D eigenvalue weighted by atomic mass is 32.2. The van der Waals surface area contributed by atoms with Crippen LogP contribution in [0.3, 0.4) is 0 Å². The zero-order valence-electron chi connectivity index (χ0n) is 19.8. The van der Waals surface area contributed by atoms with E-state index in [1.54, 1.807) is 29.7 Å². The van der Waals surface area contributed by atoms with Crippen LogP contribution >= 0.6 is 11.3 Å². The summed E-state index contributed by atoms with van der Waals surface area (Å²) < 4.78 is 35.2. The number of carbonyl (C=O) groups excluding carboxylic acids is 2. The number of ether oxygens (including phenoxy) is 1. The monoisotopic (exact) mass is 523 g/mol. The van der Waals surface area contributed by atoms with Crippen molar-refractivity contribution in [2.24, 2.45) is 4.99 Å². The summed E-state index contributed by atoms with van der Waals surface area (Å²) in [6.45, 7) is 3.99. The Labute approximate surface area is 212 Å². The Kier molecular flexibility index (Phi) is 7.66. The highest BCUT2D eigenvalue weighted by Crippen LogP contribution is 2.21. The molecule has 36 heavy (non-hydrogen) atoms. The van der Waals surface area contributed by atoms with Gasteiger partial charge in [0.25, 0.3) is 15.9 Å². The fourth-order valence-electron chi connectivity index (χ4n) is 3.56. The zero-order valence-corrected chi connectivity index (χ0v) is 21.4. The van der Waals surface area contributed by atoms with Crippen molar-refractivity contribution in [3.8, 4) is 0 Å². The van der Waals surface area contributed by atoms with Crippen molar-refractivity contribution in [2.45, 2.75) is 31.7 Å². The van der Waals surface area contributed by atoms with Gasteiger partial charge in [-0.2, -0.15) is 4.99 Å². The lowest BCUT2D eigenvalue weighted by Crippen LogP contribution is -2.23. The van der Waals surface area contributed by atoms with E-state index in [1.165, 1.54) is 47.7 Å². The van der Waals surface area contributed by atoms with Gasteiger partial charge in [-0.25, -0.2) is 8.42 Å². The normalized spacial score (nSPS) is 12.0. The van der Waals surface area contributed by atoms with Gasteiger partial charge in [0, 0.05) is 11.3 Å².